The van der Waals surface area contributed by atoms with Gasteiger partial charge >= 0.3 is 0 Å². The molecule has 2 amide bonds. The van der Waals surface area contributed by atoms with Crippen LogP contribution in [0.4, 0.5) is 4.39 Å². The number of para-hydroxylation sites is 1. The number of benzene rings is 1. The number of nitrogens with zero attached hydrogens (tertiary/aromatic N) is 2. The molecule has 1 saturated carbocycles. The van der Waals surface area contributed by atoms with Crippen molar-refractivity contribution in [3.05, 3.63) is 59.7 Å². The molecule has 0 bridgehead atoms. The van der Waals surface area contributed by atoms with Crippen molar-refractivity contribution >= 4 is 11.8 Å². The number of hydrogen-bond acceptors (Lipinski definition) is 4. The van der Waals surface area contributed by atoms with Crippen molar-refractivity contribution in [1.29, 1.82) is 0 Å². The summed E-state index contributed by atoms with van der Waals surface area (Å²) in [6.07, 6.45) is 4.19. The lowest BCUT2D eigenvalue weighted by molar-refractivity contribution is -0.137. The van der Waals surface area contributed by atoms with Crippen LogP contribution in [0.25, 0.3) is 0 Å². The number of hydrogen-bond donors (Lipinski definition) is 1. The van der Waals surface area contributed by atoms with Gasteiger partial charge in [0.25, 0.3) is 5.91 Å². The highest BCUT2D eigenvalue weighted by molar-refractivity contribution is 5.92. The molecule has 0 atom stereocenters. The molecule has 0 spiro atoms. The largest absolute Gasteiger partial charge is 0.491 e. The first kappa shape index (κ1) is 19.4. The van der Waals surface area contributed by atoms with E-state index < -0.39 is 11.7 Å². The topological polar surface area (TPSA) is 71.5 Å². The molecule has 2 heterocycles. The average Bonchev–Trinajstić information content (AvgIpc) is 2.96. The monoisotopic (exact) mass is 397 g/mol. The highest BCUT2D eigenvalue weighted by Crippen LogP contribution is 2.29. The molecule has 29 heavy (non-hydrogen) atoms. The van der Waals surface area contributed by atoms with Gasteiger partial charge in [-0.3, -0.25) is 9.59 Å². The molecular formula is C22H24FN3O3. The van der Waals surface area contributed by atoms with Crippen LogP contribution in [0, 0.1) is 11.7 Å². The van der Waals surface area contributed by atoms with Crippen molar-refractivity contribution in [1.82, 2.24) is 15.2 Å². The standard InChI is InChI=1S/C22H24FN3O3/c23-18-5-3-11-24-20(18)21(27)25-17-9-7-15(8-10-17)22(28)26-12-13-29-19-6-2-1-4-16(19)14-26/h1-6,11,15,17H,7-10,12-14H2,(H,25,27). The van der Waals surface area contributed by atoms with E-state index in [1.165, 1.54) is 18.3 Å². The lowest BCUT2D eigenvalue weighted by Gasteiger charge is -2.31. The van der Waals surface area contributed by atoms with Gasteiger partial charge in [0.1, 0.15) is 12.4 Å². The fraction of sp³-hybridized carbons (Fsp3) is 0.409. The number of carbonyl (C=O) groups excluding carboxylic acids is 2. The Bertz CT molecular complexity index is 896. The maximum atomic E-state index is 13.7. The minimum atomic E-state index is -0.627. The molecule has 1 aromatic carbocycles. The average molecular weight is 397 g/mol. The van der Waals surface area contributed by atoms with Crippen LogP contribution >= 0.6 is 0 Å². The van der Waals surface area contributed by atoms with Crippen LogP contribution in [0.2, 0.25) is 0 Å². The molecule has 2 aliphatic rings. The van der Waals surface area contributed by atoms with Crippen molar-refractivity contribution in [3.8, 4) is 5.75 Å². The number of rotatable bonds is 3. The number of carbonyl (C=O) groups is 2. The molecule has 6 nitrogen and oxygen atoms in total. The Labute approximate surface area is 169 Å². The van der Waals surface area contributed by atoms with Gasteiger partial charge in [-0.25, -0.2) is 9.37 Å². The molecule has 0 unspecified atom stereocenters. The van der Waals surface area contributed by atoms with Gasteiger partial charge < -0.3 is 15.0 Å². The minimum Gasteiger partial charge on any atom is -0.491 e. The first-order chi connectivity index (χ1) is 14.1. The number of fused-ring (bicyclic) bond motifs is 1. The van der Waals surface area contributed by atoms with E-state index in [-0.39, 0.29) is 23.6 Å². The third-order valence-corrected chi connectivity index (χ3v) is 5.65. The van der Waals surface area contributed by atoms with E-state index in [0.717, 1.165) is 11.3 Å². The molecule has 2 aromatic rings. The van der Waals surface area contributed by atoms with Gasteiger partial charge in [0.05, 0.1) is 6.54 Å². The molecule has 0 saturated heterocycles. The summed E-state index contributed by atoms with van der Waals surface area (Å²) in [5, 5.41) is 2.85. The Morgan fingerprint density at radius 1 is 1.10 bits per heavy atom. The summed E-state index contributed by atoms with van der Waals surface area (Å²) in [6, 6.07) is 10.4. The van der Waals surface area contributed by atoms with E-state index in [4.69, 9.17) is 4.74 Å². The summed E-state index contributed by atoms with van der Waals surface area (Å²) < 4.78 is 19.5. The Morgan fingerprint density at radius 3 is 2.69 bits per heavy atom. The molecule has 7 heteroatoms. The summed E-state index contributed by atoms with van der Waals surface area (Å²) in [6.45, 7) is 1.62. The van der Waals surface area contributed by atoms with Crippen LogP contribution in [0.1, 0.15) is 41.7 Å². The van der Waals surface area contributed by atoms with Crippen molar-refractivity contribution in [3.63, 3.8) is 0 Å². The third-order valence-electron chi connectivity index (χ3n) is 5.65. The summed E-state index contributed by atoms with van der Waals surface area (Å²) >= 11 is 0. The van der Waals surface area contributed by atoms with Crippen molar-refractivity contribution in [2.45, 2.75) is 38.3 Å². The number of nitrogens with one attached hydrogen (secondary N) is 1. The van der Waals surface area contributed by atoms with E-state index in [9.17, 15) is 14.0 Å². The minimum absolute atomic E-state index is 0.0556. The van der Waals surface area contributed by atoms with E-state index in [2.05, 4.69) is 10.3 Å². The lowest BCUT2D eigenvalue weighted by atomic mass is 9.85. The third kappa shape index (κ3) is 4.39. The zero-order valence-electron chi connectivity index (χ0n) is 16.1. The van der Waals surface area contributed by atoms with E-state index in [1.807, 2.05) is 29.2 Å². The molecule has 1 aliphatic heterocycles. The predicted octanol–water partition coefficient (Wildman–Crippen LogP) is 2.93. The van der Waals surface area contributed by atoms with Crippen LogP contribution in [0.5, 0.6) is 5.75 Å². The summed E-state index contributed by atoms with van der Waals surface area (Å²) in [4.78, 5) is 31.0. The van der Waals surface area contributed by atoms with Gasteiger partial charge in [0, 0.05) is 30.3 Å². The van der Waals surface area contributed by atoms with Gasteiger partial charge in [0.15, 0.2) is 11.5 Å². The molecule has 152 valence electrons. The number of halogens is 1. The smallest absolute Gasteiger partial charge is 0.273 e. The quantitative estimate of drug-likeness (QED) is 0.865. The number of pyridine rings is 1. The summed E-state index contributed by atoms with van der Waals surface area (Å²) in [5.41, 5.74) is 0.839. The van der Waals surface area contributed by atoms with Crippen LogP contribution in [0.3, 0.4) is 0 Å². The second-order valence-corrected chi connectivity index (χ2v) is 7.57. The van der Waals surface area contributed by atoms with Crippen LogP contribution < -0.4 is 10.1 Å². The molecular weight excluding hydrogens is 373 g/mol. The fourth-order valence-corrected chi connectivity index (χ4v) is 4.06. The molecule has 4 rings (SSSR count). The molecule has 1 N–H and O–H groups in total. The second kappa shape index (κ2) is 8.59. The highest BCUT2D eigenvalue weighted by atomic mass is 19.1. The first-order valence-corrected chi connectivity index (χ1v) is 10.0. The van der Waals surface area contributed by atoms with Gasteiger partial charge in [-0.1, -0.05) is 18.2 Å². The summed E-state index contributed by atoms with van der Waals surface area (Å²) in [7, 11) is 0. The number of amides is 2. The Balaban J connectivity index is 1.32. The number of aromatic nitrogens is 1. The number of ether oxygens (including phenoxy) is 1. The molecule has 0 radical (unpaired) electrons. The van der Waals surface area contributed by atoms with Crippen LogP contribution in [0.15, 0.2) is 42.6 Å². The normalized spacial score (nSPS) is 21.5. The second-order valence-electron chi connectivity index (χ2n) is 7.57. The van der Waals surface area contributed by atoms with E-state index in [0.29, 0.717) is 45.4 Å². The zero-order chi connectivity index (χ0) is 20.2. The Kier molecular flexibility index (Phi) is 5.74. The zero-order valence-corrected chi connectivity index (χ0v) is 16.1. The van der Waals surface area contributed by atoms with E-state index in [1.54, 1.807) is 0 Å². The van der Waals surface area contributed by atoms with Gasteiger partial charge in [-0.15, -0.1) is 0 Å². The van der Waals surface area contributed by atoms with Crippen molar-refractivity contribution < 1.29 is 18.7 Å². The van der Waals surface area contributed by atoms with Gasteiger partial charge in [-0.05, 0) is 43.9 Å². The first-order valence-electron chi connectivity index (χ1n) is 10.0. The van der Waals surface area contributed by atoms with Crippen LogP contribution in [-0.2, 0) is 11.3 Å². The Hall–Kier alpha value is -2.96. The van der Waals surface area contributed by atoms with Crippen molar-refractivity contribution in [2.75, 3.05) is 13.2 Å². The van der Waals surface area contributed by atoms with E-state index >= 15 is 0 Å². The highest BCUT2D eigenvalue weighted by Gasteiger charge is 2.31. The predicted molar refractivity (Wildman–Crippen MR) is 105 cm³/mol. The molecule has 1 aromatic heterocycles. The van der Waals surface area contributed by atoms with Crippen LogP contribution in [-0.4, -0.2) is 40.9 Å². The van der Waals surface area contributed by atoms with Gasteiger partial charge in [-0.2, -0.15) is 0 Å². The summed E-state index contributed by atoms with van der Waals surface area (Å²) in [5.74, 6) is -0.196. The van der Waals surface area contributed by atoms with Crippen molar-refractivity contribution in [2.24, 2.45) is 5.92 Å². The lowest BCUT2D eigenvalue weighted by Crippen LogP contribution is -2.43. The maximum absolute atomic E-state index is 13.7. The molecule has 1 fully saturated rings. The maximum Gasteiger partial charge on any atom is 0.273 e. The molecule has 1 aliphatic carbocycles. The SMILES string of the molecule is O=C(NC1CCC(C(=O)N2CCOc3ccccc3C2)CC1)c1ncccc1F. The Morgan fingerprint density at radius 2 is 1.90 bits per heavy atom. The van der Waals surface area contributed by atoms with Gasteiger partial charge in [0.2, 0.25) is 5.91 Å². The fourth-order valence-electron chi connectivity index (χ4n) is 4.06.